The number of likely N-dealkylation sites (N-methyl/N-ethyl adjacent to an activating group) is 1. The molecule has 0 spiro atoms. The van der Waals surface area contributed by atoms with Gasteiger partial charge in [0, 0.05) is 31.7 Å². The summed E-state index contributed by atoms with van der Waals surface area (Å²) in [5, 5.41) is 0. The fourth-order valence-electron chi connectivity index (χ4n) is 4.73. The smallest absolute Gasteiger partial charge is 0.237 e. The molecule has 0 aromatic rings. The highest BCUT2D eigenvalue weighted by Crippen LogP contribution is 2.43. The molecule has 1 unspecified atom stereocenters. The van der Waals surface area contributed by atoms with Crippen molar-refractivity contribution in [1.29, 1.82) is 0 Å². The van der Waals surface area contributed by atoms with Gasteiger partial charge in [0.05, 0.1) is 5.75 Å². The van der Waals surface area contributed by atoms with Crippen LogP contribution in [0.4, 0.5) is 0 Å². The lowest BCUT2D eigenvalue weighted by molar-refractivity contribution is -0.130. The maximum absolute atomic E-state index is 12.6. The average Bonchev–Trinajstić information content (AvgIpc) is 3.10. The van der Waals surface area contributed by atoms with E-state index in [1.165, 1.54) is 0 Å². The van der Waals surface area contributed by atoms with E-state index in [0.717, 1.165) is 25.7 Å². The number of amides is 1. The lowest BCUT2D eigenvalue weighted by Crippen LogP contribution is -2.58. The summed E-state index contributed by atoms with van der Waals surface area (Å²) in [4.78, 5) is 16.3. The van der Waals surface area contributed by atoms with Gasteiger partial charge in [0.15, 0.2) is 0 Å². The summed E-state index contributed by atoms with van der Waals surface area (Å²) in [6, 6.07) is 0.648. The van der Waals surface area contributed by atoms with Gasteiger partial charge in [0.2, 0.25) is 15.9 Å². The minimum atomic E-state index is -3.23. The summed E-state index contributed by atoms with van der Waals surface area (Å²) in [7, 11) is 0.761. The van der Waals surface area contributed by atoms with Crippen molar-refractivity contribution in [2.45, 2.75) is 56.1 Å². The standard InChI is InChI=1S/C17H31N4O3S/c1-19(2)15-7-11-20(13-15)25(23,24)12-4-10-21-14-5-3-8-17(21,9-6-14)16(18)22/h3,14-15H,4-13H2,1-2H3,(H2,18,22)/t14-,15?,17+/m1/s1. The number of fused-ring (bicyclic) bond motifs is 2. The molecule has 0 aliphatic carbocycles. The molecule has 0 aromatic carbocycles. The van der Waals surface area contributed by atoms with Gasteiger partial charge in [-0.2, -0.15) is 0 Å². The zero-order valence-corrected chi connectivity index (χ0v) is 16.2. The molecule has 3 saturated heterocycles. The van der Waals surface area contributed by atoms with Gasteiger partial charge >= 0.3 is 0 Å². The second-order valence-electron chi connectivity index (χ2n) is 7.94. The van der Waals surface area contributed by atoms with Crippen molar-refractivity contribution in [3.05, 3.63) is 6.42 Å². The van der Waals surface area contributed by atoms with E-state index in [0.29, 0.717) is 44.6 Å². The lowest BCUT2D eigenvalue weighted by Gasteiger charge is -2.42. The van der Waals surface area contributed by atoms with E-state index in [4.69, 9.17) is 5.73 Å². The maximum atomic E-state index is 12.6. The van der Waals surface area contributed by atoms with Gasteiger partial charge in [-0.1, -0.05) is 0 Å². The third-order valence-electron chi connectivity index (χ3n) is 6.31. The number of carbonyl (C=O) groups is 1. The van der Waals surface area contributed by atoms with Crippen LogP contribution in [-0.4, -0.2) is 85.5 Å². The monoisotopic (exact) mass is 371 g/mol. The molecule has 1 radical (unpaired) electrons. The van der Waals surface area contributed by atoms with Gasteiger partial charge in [-0.15, -0.1) is 0 Å². The molecule has 8 heteroatoms. The van der Waals surface area contributed by atoms with Crippen LogP contribution < -0.4 is 5.73 Å². The molecule has 7 nitrogen and oxygen atoms in total. The highest BCUT2D eigenvalue weighted by molar-refractivity contribution is 7.89. The quantitative estimate of drug-likeness (QED) is 0.682. The summed E-state index contributed by atoms with van der Waals surface area (Å²) in [6.45, 7) is 1.82. The Labute approximate surface area is 151 Å². The van der Waals surface area contributed by atoms with Gasteiger partial charge < -0.3 is 10.6 Å². The van der Waals surface area contributed by atoms with E-state index in [1.54, 1.807) is 4.31 Å². The second kappa shape index (κ2) is 7.13. The fourth-order valence-corrected chi connectivity index (χ4v) is 6.26. The maximum Gasteiger partial charge on any atom is 0.237 e. The molecule has 3 aliphatic rings. The normalized spacial score (nSPS) is 34.0. The minimum absolute atomic E-state index is 0.148. The number of nitrogens with zero attached hydrogens (tertiary/aromatic N) is 3. The van der Waals surface area contributed by atoms with Crippen LogP contribution >= 0.6 is 0 Å². The predicted octanol–water partition coefficient (Wildman–Crippen LogP) is 0.0288. The predicted molar refractivity (Wildman–Crippen MR) is 97.3 cm³/mol. The van der Waals surface area contributed by atoms with Crippen LogP contribution in [0, 0.1) is 6.42 Å². The fraction of sp³-hybridized carbons (Fsp3) is 0.882. The average molecular weight is 372 g/mol. The minimum Gasteiger partial charge on any atom is -0.368 e. The van der Waals surface area contributed by atoms with Crippen molar-refractivity contribution in [3.63, 3.8) is 0 Å². The van der Waals surface area contributed by atoms with Gasteiger partial charge in [-0.3, -0.25) is 9.69 Å². The Morgan fingerprint density at radius 1 is 1.36 bits per heavy atom. The Morgan fingerprint density at radius 3 is 2.76 bits per heavy atom. The van der Waals surface area contributed by atoms with Gasteiger partial charge in [-0.25, -0.2) is 12.7 Å². The molecule has 2 N–H and O–H groups in total. The van der Waals surface area contributed by atoms with Gasteiger partial charge in [0.25, 0.3) is 0 Å². The highest BCUT2D eigenvalue weighted by Gasteiger charge is 2.52. The topological polar surface area (TPSA) is 87.0 Å². The summed E-state index contributed by atoms with van der Waals surface area (Å²) in [5.41, 5.74) is 5.13. The number of hydrogen-bond donors (Lipinski definition) is 1. The Bertz CT molecular complexity index is 605. The Balaban J connectivity index is 1.56. The van der Waals surface area contributed by atoms with Crippen molar-refractivity contribution in [2.75, 3.05) is 39.5 Å². The Kier molecular flexibility index (Phi) is 5.44. The molecule has 1 amide bonds. The SMILES string of the molecule is CN(C)C1CCN(S(=O)(=O)CCCN2[C@@H]3C[CH]C[C@@]2(C(N)=O)CC3)C1. The Hall–Kier alpha value is -0.700. The van der Waals surface area contributed by atoms with Gasteiger partial charge in [-0.05, 0) is 59.0 Å². The van der Waals surface area contributed by atoms with E-state index < -0.39 is 15.6 Å². The van der Waals surface area contributed by atoms with Crippen molar-refractivity contribution in [1.82, 2.24) is 14.1 Å². The lowest BCUT2D eigenvalue weighted by atomic mass is 9.87. The second-order valence-corrected chi connectivity index (χ2v) is 10.0. The van der Waals surface area contributed by atoms with Gasteiger partial charge in [0.1, 0.15) is 5.54 Å². The molecule has 3 heterocycles. The molecular weight excluding hydrogens is 340 g/mol. The number of rotatable bonds is 7. The Morgan fingerprint density at radius 2 is 2.12 bits per heavy atom. The number of nitrogens with two attached hydrogens (primary N) is 1. The van der Waals surface area contributed by atoms with E-state index in [2.05, 4.69) is 16.2 Å². The van der Waals surface area contributed by atoms with Crippen LogP contribution in [0.5, 0.6) is 0 Å². The van der Waals surface area contributed by atoms with Crippen LogP contribution in [0.3, 0.4) is 0 Å². The first-order valence-corrected chi connectivity index (χ1v) is 10.9. The summed E-state index contributed by atoms with van der Waals surface area (Å²) in [5.74, 6) is -0.114. The van der Waals surface area contributed by atoms with Crippen LogP contribution in [0.15, 0.2) is 0 Å². The molecule has 3 rings (SSSR count). The summed E-state index contributed by atoms with van der Waals surface area (Å²) in [6.07, 6.45) is 7.05. The first-order chi connectivity index (χ1) is 11.8. The van der Waals surface area contributed by atoms with E-state index >= 15 is 0 Å². The molecule has 3 atom stereocenters. The van der Waals surface area contributed by atoms with Crippen LogP contribution in [0.1, 0.15) is 38.5 Å². The largest absolute Gasteiger partial charge is 0.368 e. The number of sulfonamides is 1. The van der Waals surface area contributed by atoms with Crippen LogP contribution in [-0.2, 0) is 14.8 Å². The highest BCUT2D eigenvalue weighted by atomic mass is 32.2. The van der Waals surface area contributed by atoms with E-state index in [9.17, 15) is 13.2 Å². The molecule has 3 aliphatic heterocycles. The molecule has 143 valence electrons. The van der Waals surface area contributed by atoms with Crippen molar-refractivity contribution < 1.29 is 13.2 Å². The zero-order chi connectivity index (χ0) is 18.2. The third-order valence-corrected chi connectivity index (χ3v) is 8.24. The first kappa shape index (κ1) is 19.1. The number of carbonyl (C=O) groups excluding carboxylic acids is 1. The first-order valence-electron chi connectivity index (χ1n) is 9.29. The molecular formula is C17H31N4O3S. The van der Waals surface area contributed by atoms with E-state index in [-0.39, 0.29) is 11.7 Å². The number of primary amides is 1. The molecule has 0 aromatic heterocycles. The summed E-state index contributed by atoms with van der Waals surface area (Å²) >= 11 is 0. The van der Waals surface area contributed by atoms with E-state index in [1.807, 2.05) is 14.1 Å². The van der Waals surface area contributed by atoms with Crippen LogP contribution in [0.2, 0.25) is 0 Å². The van der Waals surface area contributed by atoms with Crippen molar-refractivity contribution in [2.24, 2.45) is 5.73 Å². The molecule has 25 heavy (non-hydrogen) atoms. The third kappa shape index (κ3) is 3.59. The number of piperidine rings is 1. The zero-order valence-electron chi connectivity index (χ0n) is 15.4. The van der Waals surface area contributed by atoms with Crippen molar-refractivity contribution in [3.8, 4) is 0 Å². The number of hydrogen-bond acceptors (Lipinski definition) is 5. The van der Waals surface area contributed by atoms with Crippen molar-refractivity contribution >= 4 is 15.9 Å². The molecule has 2 bridgehead atoms. The summed E-state index contributed by atoms with van der Waals surface area (Å²) < 4.78 is 26.9. The molecule has 0 saturated carbocycles. The molecule has 3 fully saturated rings. The van der Waals surface area contributed by atoms with Crippen LogP contribution in [0.25, 0.3) is 0 Å².